The fourth-order valence-electron chi connectivity index (χ4n) is 1.78. The zero-order valence-electron chi connectivity index (χ0n) is 11.7. The van der Waals surface area contributed by atoms with Crippen molar-refractivity contribution < 1.29 is 13.9 Å². The zero-order valence-corrected chi connectivity index (χ0v) is 11.7. The predicted molar refractivity (Wildman–Crippen MR) is 72.8 cm³/mol. The molecule has 0 spiro atoms. The lowest BCUT2D eigenvalue weighted by molar-refractivity contribution is -0.129. The Kier molecular flexibility index (Phi) is 6.29. The number of likely N-dealkylation sites (N-methyl/N-ethyl adjacent to an activating group) is 1. The van der Waals surface area contributed by atoms with E-state index in [1.165, 1.54) is 12.1 Å². The van der Waals surface area contributed by atoms with Crippen LogP contribution in [0.3, 0.4) is 0 Å². The Morgan fingerprint density at radius 1 is 1.47 bits per heavy atom. The van der Waals surface area contributed by atoms with Gasteiger partial charge in [0.15, 0.2) is 0 Å². The van der Waals surface area contributed by atoms with Crippen molar-refractivity contribution in [2.45, 2.75) is 12.8 Å². The lowest BCUT2D eigenvalue weighted by Crippen LogP contribution is -2.30. The third-order valence-corrected chi connectivity index (χ3v) is 2.97. The Morgan fingerprint density at radius 3 is 2.84 bits per heavy atom. The highest BCUT2D eigenvalue weighted by Gasteiger charge is 2.10. The number of halogens is 1. The summed E-state index contributed by atoms with van der Waals surface area (Å²) in [6.45, 7) is 1.20. The molecule has 0 unspecified atom stereocenters. The number of rotatable bonds is 7. The zero-order chi connectivity index (χ0) is 14.3. The number of hydrogen-bond donors (Lipinski definition) is 1. The van der Waals surface area contributed by atoms with Crippen molar-refractivity contribution in [1.82, 2.24) is 10.2 Å². The maximum absolute atomic E-state index is 13.2. The minimum Gasteiger partial charge on any atom is -0.496 e. The summed E-state index contributed by atoms with van der Waals surface area (Å²) in [6.07, 6.45) is 1.04. The number of nitrogens with one attached hydrogen (secondary N) is 1. The molecule has 1 aromatic carbocycles. The SMILES string of the molecule is CNCCC(=O)N(C)CCc1cc(F)ccc1OC. The van der Waals surface area contributed by atoms with Gasteiger partial charge in [-0.2, -0.15) is 0 Å². The lowest BCUT2D eigenvalue weighted by atomic mass is 10.1. The second-order valence-electron chi connectivity index (χ2n) is 4.38. The van der Waals surface area contributed by atoms with E-state index in [0.717, 1.165) is 5.56 Å². The molecule has 1 amide bonds. The van der Waals surface area contributed by atoms with Crippen LogP contribution < -0.4 is 10.1 Å². The summed E-state index contributed by atoms with van der Waals surface area (Å²) in [5.41, 5.74) is 0.774. The highest BCUT2D eigenvalue weighted by atomic mass is 19.1. The topological polar surface area (TPSA) is 41.6 Å². The van der Waals surface area contributed by atoms with E-state index in [0.29, 0.717) is 31.7 Å². The molecule has 0 saturated carbocycles. The molecule has 0 aromatic heterocycles. The molecule has 0 radical (unpaired) electrons. The van der Waals surface area contributed by atoms with Gasteiger partial charge >= 0.3 is 0 Å². The van der Waals surface area contributed by atoms with E-state index in [2.05, 4.69) is 5.32 Å². The van der Waals surface area contributed by atoms with Crippen LogP contribution in [0.1, 0.15) is 12.0 Å². The van der Waals surface area contributed by atoms with Crippen molar-refractivity contribution in [1.29, 1.82) is 0 Å². The van der Waals surface area contributed by atoms with Crippen LogP contribution in [0, 0.1) is 5.82 Å². The van der Waals surface area contributed by atoms with Crippen molar-refractivity contribution >= 4 is 5.91 Å². The maximum Gasteiger partial charge on any atom is 0.223 e. The summed E-state index contributed by atoms with van der Waals surface area (Å²) in [7, 11) is 5.12. The van der Waals surface area contributed by atoms with Gasteiger partial charge in [-0.1, -0.05) is 0 Å². The minimum absolute atomic E-state index is 0.0738. The van der Waals surface area contributed by atoms with E-state index < -0.39 is 0 Å². The van der Waals surface area contributed by atoms with Gasteiger partial charge in [0.2, 0.25) is 5.91 Å². The summed E-state index contributed by atoms with van der Waals surface area (Å²) in [6, 6.07) is 4.42. The Labute approximate surface area is 113 Å². The third-order valence-electron chi connectivity index (χ3n) is 2.97. The van der Waals surface area contributed by atoms with Crippen molar-refractivity contribution in [3.05, 3.63) is 29.6 Å². The molecular weight excluding hydrogens is 247 g/mol. The summed E-state index contributed by atoms with van der Waals surface area (Å²) in [5.74, 6) is 0.433. The van der Waals surface area contributed by atoms with Gasteiger partial charge in [0.05, 0.1) is 7.11 Å². The molecule has 0 heterocycles. The Morgan fingerprint density at radius 2 is 2.21 bits per heavy atom. The molecule has 0 bridgehead atoms. The second kappa shape index (κ2) is 7.74. The Bertz CT molecular complexity index is 424. The van der Waals surface area contributed by atoms with Crippen molar-refractivity contribution in [3.63, 3.8) is 0 Å². The molecule has 1 N–H and O–H groups in total. The third kappa shape index (κ3) is 4.87. The van der Waals surface area contributed by atoms with Crippen molar-refractivity contribution in [2.24, 2.45) is 0 Å². The fraction of sp³-hybridized carbons (Fsp3) is 0.500. The lowest BCUT2D eigenvalue weighted by Gasteiger charge is -2.18. The number of benzene rings is 1. The number of hydrogen-bond acceptors (Lipinski definition) is 3. The second-order valence-corrected chi connectivity index (χ2v) is 4.38. The Balaban J connectivity index is 2.56. The first-order chi connectivity index (χ1) is 9.08. The average Bonchev–Trinajstić information content (AvgIpc) is 2.42. The number of amides is 1. The molecule has 19 heavy (non-hydrogen) atoms. The monoisotopic (exact) mass is 268 g/mol. The smallest absolute Gasteiger partial charge is 0.223 e. The highest BCUT2D eigenvalue weighted by Crippen LogP contribution is 2.19. The van der Waals surface area contributed by atoms with Gasteiger partial charge in [-0.25, -0.2) is 4.39 Å². The van der Waals surface area contributed by atoms with Gasteiger partial charge in [0, 0.05) is 26.6 Å². The quantitative estimate of drug-likeness (QED) is 0.813. The minimum atomic E-state index is -0.292. The van der Waals surface area contributed by atoms with Crippen LogP contribution in [0.4, 0.5) is 4.39 Å². The molecule has 5 heteroatoms. The molecule has 0 fully saturated rings. The van der Waals surface area contributed by atoms with Crippen molar-refractivity contribution in [2.75, 3.05) is 34.3 Å². The molecule has 0 aliphatic heterocycles. The van der Waals surface area contributed by atoms with Crippen LogP contribution in [0.2, 0.25) is 0 Å². The summed E-state index contributed by atoms with van der Waals surface area (Å²) in [5, 5.41) is 2.94. The molecule has 0 aliphatic rings. The summed E-state index contributed by atoms with van der Waals surface area (Å²) in [4.78, 5) is 13.4. The number of carbonyl (C=O) groups excluding carboxylic acids is 1. The number of nitrogens with zero attached hydrogens (tertiary/aromatic N) is 1. The first-order valence-corrected chi connectivity index (χ1v) is 6.29. The van der Waals surface area contributed by atoms with Gasteiger partial charge in [-0.15, -0.1) is 0 Å². The molecule has 0 aliphatic carbocycles. The average molecular weight is 268 g/mol. The first kappa shape index (κ1) is 15.4. The van der Waals surface area contributed by atoms with E-state index in [1.54, 1.807) is 25.1 Å². The van der Waals surface area contributed by atoms with E-state index in [-0.39, 0.29) is 11.7 Å². The standard InChI is InChI=1S/C14H21FN2O2/c1-16-8-6-14(18)17(2)9-7-11-10-12(15)4-5-13(11)19-3/h4-5,10,16H,6-9H2,1-3H3. The van der Waals surface area contributed by atoms with Gasteiger partial charge in [-0.3, -0.25) is 4.79 Å². The van der Waals surface area contributed by atoms with Crippen LogP contribution >= 0.6 is 0 Å². The normalized spacial score (nSPS) is 10.3. The van der Waals surface area contributed by atoms with E-state index in [9.17, 15) is 9.18 Å². The molecule has 1 aromatic rings. The van der Waals surface area contributed by atoms with Gasteiger partial charge in [0.1, 0.15) is 11.6 Å². The molecular formula is C14H21FN2O2. The van der Waals surface area contributed by atoms with E-state index in [4.69, 9.17) is 4.74 Å². The number of carbonyl (C=O) groups is 1. The van der Waals surface area contributed by atoms with Crippen LogP contribution in [0.15, 0.2) is 18.2 Å². The van der Waals surface area contributed by atoms with Crippen LogP contribution in [0.5, 0.6) is 5.75 Å². The van der Waals surface area contributed by atoms with Crippen LogP contribution in [-0.4, -0.2) is 45.1 Å². The molecule has 106 valence electrons. The highest BCUT2D eigenvalue weighted by molar-refractivity contribution is 5.76. The first-order valence-electron chi connectivity index (χ1n) is 6.29. The van der Waals surface area contributed by atoms with Crippen LogP contribution in [-0.2, 0) is 11.2 Å². The summed E-state index contributed by atoms with van der Waals surface area (Å²) < 4.78 is 18.4. The molecule has 0 atom stereocenters. The predicted octanol–water partition coefficient (Wildman–Crippen LogP) is 1.44. The maximum atomic E-state index is 13.2. The van der Waals surface area contributed by atoms with E-state index >= 15 is 0 Å². The van der Waals surface area contributed by atoms with Crippen LogP contribution in [0.25, 0.3) is 0 Å². The van der Waals surface area contributed by atoms with Crippen molar-refractivity contribution in [3.8, 4) is 5.75 Å². The molecule has 1 rings (SSSR count). The van der Waals surface area contributed by atoms with Gasteiger partial charge < -0.3 is 15.0 Å². The number of ether oxygens (including phenoxy) is 1. The fourth-order valence-corrected chi connectivity index (χ4v) is 1.78. The largest absolute Gasteiger partial charge is 0.496 e. The van der Waals surface area contributed by atoms with E-state index in [1.807, 2.05) is 7.05 Å². The molecule has 4 nitrogen and oxygen atoms in total. The molecule has 0 saturated heterocycles. The number of methoxy groups -OCH3 is 1. The Hall–Kier alpha value is -1.62. The van der Waals surface area contributed by atoms with Gasteiger partial charge in [0.25, 0.3) is 0 Å². The van der Waals surface area contributed by atoms with Gasteiger partial charge in [-0.05, 0) is 37.2 Å². The summed E-state index contributed by atoms with van der Waals surface area (Å²) >= 11 is 0.